The molecule has 5 heteroatoms. The summed E-state index contributed by atoms with van der Waals surface area (Å²) in [5, 5.41) is 6.99. The zero-order chi connectivity index (χ0) is 33.3. The molecule has 0 fully saturated rings. The third kappa shape index (κ3) is 9.24. The fourth-order valence-corrected chi connectivity index (χ4v) is 5.02. The Balaban J connectivity index is 1.90. The van der Waals surface area contributed by atoms with E-state index in [9.17, 15) is 4.79 Å². The van der Waals surface area contributed by atoms with E-state index in [2.05, 4.69) is 132 Å². The minimum atomic E-state index is -0.0800. The summed E-state index contributed by atoms with van der Waals surface area (Å²) in [6, 6.07) is 1.95. The van der Waals surface area contributed by atoms with Gasteiger partial charge >= 0.3 is 0 Å². The van der Waals surface area contributed by atoms with Gasteiger partial charge in [0.15, 0.2) is 0 Å². The highest BCUT2D eigenvalue weighted by Crippen LogP contribution is 2.30. The highest BCUT2D eigenvalue weighted by molar-refractivity contribution is 5.81. The van der Waals surface area contributed by atoms with E-state index in [1.807, 2.05) is 25.3 Å². The topological polar surface area (TPSA) is 49.3 Å². The van der Waals surface area contributed by atoms with E-state index in [1.54, 1.807) is 11.6 Å². The molecule has 5 nitrogen and oxygen atoms in total. The molecule has 1 aromatic rings. The number of aromatic nitrogens is 1. The van der Waals surface area contributed by atoms with E-state index in [0.717, 1.165) is 75.6 Å². The van der Waals surface area contributed by atoms with Crippen molar-refractivity contribution in [3.05, 3.63) is 154 Å². The summed E-state index contributed by atoms with van der Waals surface area (Å²) in [5.74, 6) is 0. The Morgan fingerprint density at radius 3 is 2.51 bits per heavy atom. The highest BCUT2D eigenvalue weighted by Gasteiger charge is 2.16. The molecule has 2 N–H and O–H groups in total. The number of anilines is 1. The number of rotatable bonds is 12. The minimum absolute atomic E-state index is 0.000794. The van der Waals surface area contributed by atoms with Gasteiger partial charge in [0.25, 0.3) is 5.56 Å². The molecule has 0 aliphatic heterocycles. The van der Waals surface area contributed by atoms with Crippen LogP contribution in [-0.2, 0) is 7.05 Å². The van der Waals surface area contributed by atoms with Crippen molar-refractivity contribution in [3.63, 3.8) is 0 Å². The number of hydrogen-bond donors (Lipinski definition) is 2. The summed E-state index contributed by atoms with van der Waals surface area (Å²) in [7, 11) is 3.86. The molecule has 3 rings (SSSR count). The fourth-order valence-electron chi connectivity index (χ4n) is 5.02. The molecule has 0 saturated carbocycles. The summed E-state index contributed by atoms with van der Waals surface area (Å²) >= 11 is 0. The molecule has 45 heavy (non-hydrogen) atoms. The van der Waals surface area contributed by atoms with Crippen LogP contribution in [0.25, 0.3) is 5.57 Å². The summed E-state index contributed by atoms with van der Waals surface area (Å²) in [6.07, 6.45) is 25.4. The summed E-state index contributed by atoms with van der Waals surface area (Å²) in [5.41, 5.74) is 10.4. The van der Waals surface area contributed by atoms with Gasteiger partial charge in [0.2, 0.25) is 0 Å². The molecule has 1 heterocycles. The van der Waals surface area contributed by atoms with Crippen molar-refractivity contribution in [1.29, 1.82) is 0 Å². The Labute approximate surface area is 271 Å². The molecular weight excluding hydrogens is 552 g/mol. The second kappa shape index (κ2) is 15.5. The van der Waals surface area contributed by atoms with Crippen LogP contribution in [-0.4, -0.2) is 23.1 Å². The van der Waals surface area contributed by atoms with E-state index in [1.165, 1.54) is 0 Å². The van der Waals surface area contributed by atoms with E-state index >= 15 is 0 Å². The van der Waals surface area contributed by atoms with Crippen LogP contribution in [0.3, 0.4) is 0 Å². The average Bonchev–Trinajstić information content (AvgIpc) is 3.33. The van der Waals surface area contributed by atoms with Crippen molar-refractivity contribution in [2.75, 3.05) is 18.9 Å². The van der Waals surface area contributed by atoms with Crippen LogP contribution >= 0.6 is 0 Å². The number of allylic oxidation sites excluding steroid dienone is 13. The lowest BCUT2D eigenvalue weighted by Crippen LogP contribution is -2.21. The zero-order valence-electron chi connectivity index (χ0n) is 28.7. The van der Waals surface area contributed by atoms with Crippen molar-refractivity contribution >= 4 is 11.3 Å². The molecule has 2 aliphatic carbocycles. The van der Waals surface area contributed by atoms with Crippen LogP contribution < -0.4 is 16.2 Å². The second-order valence-electron chi connectivity index (χ2n) is 12.7. The van der Waals surface area contributed by atoms with E-state index < -0.39 is 0 Å². The van der Waals surface area contributed by atoms with Crippen LogP contribution in [0.15, 0.2) is 143 Å². The molecule has 0 atom stereocenters. The van der Waals surface area contributed by atoms with Gasteiger partial charge in [0.05, 0.1) is 0 Å². The minimum Gasteiger partial charge on any atom is -0.375 e. The summed E-state index contributed by atoms with van der Waals surface area (Å²) in [6.45, 7) is 26.6. The standard InChI is InChI=1S/C40H52N4O/c1-12-25-43(10)31(6)33-17-16-18-35(24-23-33)42-38-26-34(27-44(11)39(38)45)36-19-14-15-20-37(29(36)4)41-30(5)32(13-2)22-21-28(3)40(7,8)9/h13-14,16-17,19-24,26-27,41-42H,3,5-6,12,15,18,25H2,1-2,4,7-11H3/b22-21-,32-13+. The van der Waals surface area contributed by atoms with Gasteiger partial charge in [-0.05, 0) is 72.1 Å². The molecule has 0 saturated heterocycles. The normalized spacial score (nSPS) is 15.6. The third-order valence-electron chi connectivity index (χ3n) is 8.16. The molecule has 0 spiro atoms. The SMILES string of the molecule is C=C(NC1=CCC=CC(c2cc(NC3=CC=C(C(=C)N(C)CCC)C=CC3)c(=O)n(C)c2)=C1C)C(/C=C\C(=C)C(C)(C)C)=C/C. The zero-order valence-corrected chi connectivity index (χ0v) is 28.7. The van der Waals surface area contributed by atoms with E-state index in [-0.39, 0.29) is 11.0 Å². The Hall–Kier alpha value is -4.51. The maximum Gasteiger partial charge on any atom is 0.273 e. The van der Waals surface area contributed by atoms with Crippen LogP contribution in [0, 0.1) is 5.41 Å². The van der Waals surface area contributed by atoms with E-state index in [4.69, 9.17) is 0 Å². The second-order valence-corrected chi connectivity index (χ2v) is 12.7. The maximum absolute atomic E-state index is 13.3. The Morgan fingerprint density at radius 1 is 1.11 bits per heavy atom. The summed E-state index contributed by atoms with van der Waals surface area (Å²) < 4.78 is 1.65. The molecule has 2 aliphatic rings. The highest BCUT2D eigenvalue weighted by atomic mass is 16.1. The van der Waals surface area contributed by atoms with Crippen LogP contribution in [0.5, 0.6) is 0 Å². The van der Waals surface area contributed by atoms with Gasteiger partial charge in [-0.15, -0.1) is 0 Å². The number of aryl methyl sites for hydroxylation is 1. The van der Waals surface area contributed by atoms with E-state index in [0.29, 0.717) is 12.1 Å². The molecule has 0 bridgehead atoms. The Bertz CT molecular complexity index is 1640. The van der Waals surface area contributed by atoms with Gasteiger partial charge in [0, 0.05) is 61.6 Å². The number of likely N-dealkylation sites (N-methyl/N-ethyl adjacent to an activating group) is 1. The van der Waals surface area contributed by atoms with Crippen molar-refractivity contribution in [2.45, 2.75) is 60.8 Å². The third-order valence-corrected chi connectivity index (χ3v) is 8.16. The lowest BCUT2D eigenvalue weighted by molar-refractivity contribution is 0.427. The molecule has 1 aromatic heterocycles. The predicted octanol–water partition coefficient (Wildman–Crippen LogP) is 9.25. The maximum atomic E-state index is 13.3. The number of nitrogens with zero attached hydrogens (tertiary/aromatic N) is 2. The van der Waals surface area contributed by atoms with Crippen LogP contribution in [0.2, 0.25) is 0 Å². The molecule has 0 unspecified atom stereocenters. The smallest absolute Gasteiger partial charge is 0.273 e. The van der Waals surface area contributed by atoms with Crippen LogP contribution in [0.1, 0.15) is 66.4 Å². The number of nitrogens with one attached hydrogen (secondary N) is 2. The monoisotopic (exact) mass is 604 g/mol. The first-order chi connectivity index (χ1) is 21.3. The van der Waals surface area contributed by atoms with Gasteiger partial charge in [-0.25, -0.2) is 0 Å². The van der Waals surface area contributed by atoms with Crippen molar-refractivity contribution in [2.24, 2.45) is 12.5 Å². The average molecular weight is 605 g/mol. The Kier molecular flexibility index (Phi) is 12.0. The first-order valence-corrected chi connectivity index (χ1v) is 15.8. The van der Waals surface area contributed by atoms with Crippen molar-refractivity contribution in [3.8, 4) is 0 Å². The number of hydrogen-bond acceptors (Lipinski definition) is 4. The predicted molar refractivity (Wildman–Crippen MR) is 195 cm³/mol. The van der Waals surface area contributed by atoms with Crippen molar-refractivity contribution < 1.29 is 0 Å². The molecule has 0 amide bonds. The van der Waals surface area contributed by atoms with Gasteiger partial charge in [0.1, 0.15) is 5.69 Å². The van der Waals surface area contributed by atoms with Gasteiger partial charge < -0.3 is 20.1 Å². The first-order valence-electron chi connectivity index (χ1n) is 15.8. The molecule has 0 radical (unpaired) electrons. The lowest BCUT2D eigenvalue weighted by Gasteiger charge is -2.21. The quantitative estimate of drug-likeness (QED) is 0.234. The summed E-state index contributed by atoms with van der Waals surface area (Å²) in [4.78, 5) is 15.4. The van der Waals surface area contributed by atoms with Gasteiger partial charge in [-0.1, -0.05) is 102 Å². The Morgan fingerprint density at radius 2 is 1.84 bits per heavy atom. The molecule has 0 aromatic carbocycles. The van der Waals surface area contributed by atoms with Gasteiger partial charge in [-0.3, -0.25) is 4.79 Å². The lowest BCUT2D eigenvalue weighted by atomic mass is 9.87. The van der Waals surface area contributed by atoms with Crippen LogP contribution in [0.4, 0.5) is 5.69 Å². The van der Waals surface area contributed by atoms with Crippen molar-refractivity contribution in [1.82, 2.24) is 14.8 Å². The fraction of sp³-hybridized carbons (Fsp3) is 0.325. The van der Waals surface area contributed by atoms with Gasteiger partial charge in [-0.2, -0.15) is 0 Å². The number of pyridine rings is 1. The largest absolute Gasteiger partial charge is 0.375 e. The molecular formula is C40H52N4O. The first kappa shape index (κ1) is 35.0. The molecule has 238 valence electrons.